The van der Waals surface area contributed by atoms with Gasteiger partial charge < -0.3 is 20.9 Å². The standard InChI is InChI=1S/C22H22F2N2O4/c1-22(2,16-5-3-14(4-6-16)21(28)29)26-20(27)15(11-18(24)12-25)13-30-19-9-7-17(23)8-10-19/h3-12H,13,25H2,1-2H3,(H,26,27)(H,28,29)/b15-11+,18-12+. The molecule has 158 valence electrons. The monoisotopic (exact) mass is 416 g/mol. The molecule has 30 heavy (non-hydrogen) atoms. The molecule has 2 aromatic carbocycles. The average molecular weight is 416 g/mol. The van der Waals surface area contributed by atoms with E-state index in [2.05, 4.69) is 5.32 Å². The number of carbonyl (C=O) groups excluding carboxylic acids is 1. The molecular weight excluding hydrogens is 394 g/mol. The largest absolute Gasteiger partial charge is 0.489 e. The van der Waals surface area contributed by atoms with Crippen LogP contribution in [0.4, 0.5) is 8.78 Å². The van der Waals surface area contributed by atoms with Crippen molar-refractivity contribution in [2.75, 3.05) is 6.61 Å². The second-order valence-electron chi connectivity index (χ2n) is 6.93. The predicted molar refractivity (Wildman–Crippen MR) is 108 cm³/mol. The second-order valence-corrected chi connectivity index (χ2v) is 6.93. The Labute approximate surface area is 172 Å². The Kier molecular flexibility index (Phi) is 7.30. The summed E-state index contributed by atoms with van der Waals surface area (Å²) in [5.74, 6) is -2.64. The summed E-state index contributed by atoms with van der Waals surface area (Å²) >= 11 is 0. The molecule has 0 aliphatic heterocycles. The first-order valence-electron chi connectivity index (χ1n) is 8.95. The van der Waals surface area contributed by atoms with E-state index < -0.39 is 29.1 Å². The molecule has 8 heteroatoms. The SMILES string of the molecule is CC(C)(NC(=O)/C(=C/C(F)=C\N)COc1ccc(F)cc1)c1ccc(C(=O)O)cc1. The number of benzene rings is 2. The molecule has 0 heterocycles. The van der Waals surface area contributed by atoms with Gasteiger partial charge in [-0.2, -0.15) is 0 Å². The zero-order valence-electron chi connectivity index (χ0n) is 16.5. The molecule has 6 nitrogen and oxygen atoms in total. The first-order valence-corrected chi connectivity index (χ1v) is 8.95. The molecule has 0 aliphatic rings. The van der Waals surface area contributed by atoms with Gasteiger partial charge in [0.25, 0.3) is 5.91 Å². The van der Waals surface area contributed by atoms with Crippen LogP contribution in [0, 0.1) is 5.82 Å². The van der Waals surface area contributed by atoms with Gasteiger partial charge in [0, 0.05) is 6.20 Å². The maximum atomic E-state index is 13.7. The van der Waals surface area contributed by atoms with Gasteiger partial charge in [-0.3, -0.25) is 4.79 Å². The Morgan fingerprint density at radius 1 is 1.13 bits per heavy atom. The number of nitrogens with one attached hydrogen (secondary N) is 1. The minimum atomic E-state index is -1.06. The molecule has 0 unspecified atom stereocenters. The minimum absolute atomic E-state index is 0.0474. The molecule has 0 radical (unpaired) electrons. The fourth-order valence-electron chi connectivity index (χ4n) is 2.54. The topological polar surface area (TPSA) is 102 Å². The van der Waals surface area contributed by atoms with Crippen LogP contribution in [-0.2, 0) is 10.3 Å². The molecule has 0 aliphatic carbocycles. The predicted octanol–water partition coefficient (Wildman–Crippen LogP) is 3.65. The number of halogens is 2. The van der Waals surface area contributed by atoms with Crippen LogP contribution in [0.2, 0.25) is 0 Å². The molecule has 0 bridgehead atoms. The van der Waals surface area contributed by atoms with Crippen LogP contribution in [0.15, 0.2) is 72.2 Å². The van der Waals surface area contributed by atoms with Crippen LogP contribution in [-0.4, -0.2) is 23.6 Å². The van der Waals surface area contributed by atoms with E-state index in [1.165, 1.54) is 36.4 Å². The fourth-order valence-corrected chi connectivity index (χ4v) is 2.54. The molecule has 0 saturated heterocycles. The van der Waals surface area contributed by atoms with Gasteiger partial charge in [0.1, 0.15) is 24.0 Å². The fraction of sp³-hybridized carbons (Fsp3) is 0.182. The molecular formula is C22H22F2N2O4. The molecule has 0 fully saturated rings. The molecule has 2 rings (SSSR count). The third kappa shape index (κ3) is 6.16. The van der Waals surface area contributed by atoms with Gasteiger partial charge in [0.05, 0.1) is 16.7 Å². The Balaban J connectivity index is 2.18. The highest BCUT2D eigenvalue weighted by atomic mass is 19.1. The average Bonchev–Trinajstić information content (AvgIpc) is 2.71. The number of allylic oxidation sites excluding steroid dienone is 2. The number of ether oxygens (including phenoxy) is 1. The van der Waals surface area contributed by atoms with Crippen molar-refractivity contribution in [3.63, 3.8) is 0 Å². The lowest BCUT2D eigenvalue weighted by atomic mass is 9.93. The van der Waals surface area contributed by atoms with Crippen molar-refractivity contribution in [2.45, 2.75) is 19.4 Å². The van der Waals surface area contributed by atoms with Crippen molar-refractivity contribution in [1.29, 1.82) is 0 Å². The first kappa shape index (κ1) is 22.6. The number of hydrogen-bond donors (Lipinski definition) is 3. The van der Waals surface area contributed by atoms with Crippen molar-refractivity contribution in [1.82, 2.24) is 5.32 Å². The normalized spacial score (nSPS) is 12.4. The van der Waals surface area contributed by atoms with Gasteiger partial charge in [-0.25, -0.2) is 13.6 Å². The van der Waals surface area contributed by atoms with Gasteiger partial charge in [0.15, 0.2) is 0 Å². The first-order chi connectivity index (χ1) is 14.1. The van der Waals surface area contributed by atoms with Crippen LogP contribution in [0.1, 0.15) is 29.8 Å². The maximum Gasteiger partial charge on any atom is 0.335 e. The molecule has 4 N–H and O–H groups in total. The van der Waals surface area contributed by atoms with Crippen LogP contribution in [0.25, 0.3) is 0 Å². The number of amides is 1. The summed E-state index contributed by atoms with van der Waals surface area (Å²) in [7, 11) is 0. The number of aromatic carboxylic acids is 1. The Morgan fingerprint density at radius 2 is 1.73 bits per heavy atom. The Morgan fingerprint density at radius 3 is 2.27 bits per heavy atom. The van der Waals surface area contributed by atoms with Gasteiger partial charge >= 0.3 is 5.97 Å². The van der Waals surface area contributed by atoms with Crippen LogP contribution in [0.3, 0.4) is 0 Å². The second kappa shape index (κ2) is 9.69. The van der Waals surface area contributed by atoms with Gasteiger partial charge in [-0.05, 0) is 61.9 Å². The van der Waals surface area contributed by atoms with E-state index in [1.807, 2.05) is 0 Å². The third-order valence-electron chi connectivity index (χ3n) is 4.25. The number of carbonyl (C=O) groups is 2. The molecule has 0 atom stereocenters. The van der Waals surface area contributed by atoms with E-state index in [0.717, 1.165) is 6.08 Å². The zero-order valence-corrected chi connectivity index (χ0v) is 16.5. The van der Waals surface area contributed by atoms with Gasteiger partial charge in [-0.1, -0.05) is 12.1 Å². The van der Waals surface area contributed by atoms with E-state index in [9.17, 15) is 18.4 Å². The number of rotatable bonds is 8. The Bertz CT molecular complexity index is 966. The summed E-state index contributed by atoms with van der Waals surface area (Å²) in [6.07, 6.45) is 1.66. The maximum absolute atomic E-state index is 13.7. The highest BCUT2D eigenvalue weighted by molar-refractivity contribution is 5.94. The van der Waals surface area contributed by atoms with E-state index in [1.54, 1.807) is 26.0 Å². The summed E-state index contributed by atoms with van der Waals surface area (Å²) in [5, 5.41) is 11.8. The lowest BCUT2D eigenvalue weighted by Gasteiger charge is -2.27. The molecule has 0 spiro atoms. The highest BCUT2D eigenvalue weighted by Crippen LogP contribution is 2.22. The molecule has 2 aromatic rings. The highest BCUT2D eigenvalue weighted by Gasteiger charge is 2.25. The smallest absolute Gasteiger partial charge is 0.335 e. The molecule has 0 aromatic heterocycles. The zero-order chi connectivity index (χ0) is 22.3. The lowest BCUT2D eigenvalue weighted by molar-refractivity contribution is -0.119. The van der Waals surface area contributed by atoms with Crippen molar-refractivity contribution in [3.8, 4) is 5.75 Å². The van der Waals surface area contributed by atoms with Crippen LogP contribution in [0.5, 0.6) is 5.75 Å². The lowest BCUT2D eigenvalue weighted by Crippen LogP contribution is -2.42. The van der Waals surface area contributed by atoms with Gasteiger partial charge in [0.2, 0.25) is 0 Å². The van der Waals surface area contributed by atoms with E-state index in [-0.39, 0.29) is 17.7 Å². The summed E-state index contributed by atoms with van der Waals surface area (Å²) in [5.41, 5.74) is 4.98. The quantitative estimate of drug-likeness (QED) is 0.450. The number of carboxylic acid groups (broad SMARTS) is 1. The van der Waals surface area contributed by atoms with Crippen molar-refractivity contribution < 1.29 is 28.2 Å². The number of nitrogens with two attached hydrogens (primary N) is 1. The molecule has 1 amide bonds. The summed E-state index contributed by atoms with van der Waals surface area (Å²) in [4.78, 5) is 23.8. The van der Waals surface area contributed by atoms with Crippen LogP contribution >= 0.6 is 0 Å². The van der Waals surface area contributed by atoms with Gasteiger partial charge in [-0.15, -0.1) is 0 Å². The Hall–Kier alpha value is -3.68. The number of carboxylic acids is 1. The van der Waals surface area contributed by atoms with Crippen molar-refractivity contribution in [3.05, 3.63) is 89.2 Å². The molecule has 0 saturated carbocycles. The van der Waals surface area contributed by atoms with Crippen molar-refractivity contribution >= 4 is 11.9 Å². The third-order valence-corrected chi connectivity index (χ3v) is 4.25. The summed E-state index contributed by atoms with van der Waals surface area (Å²) in [6.45, 7) is 3.15. The number of hydrogen-bond acceptors (Lipinski definition) is 4. The summed E-state index contributed by atoms with van der Waals surface area (Å²) < 4.78 is 32.2. The van der Waals surface area contributed by atoms with Crippen LogP contribution < -0.4 is 15.8 Å². The van der Waals surface area contributed by atoms with Crippen molar-refractivity contribution in [2.24, 2.45) is 5.73 Å². The minimum Gasteiger partial charge on any atom is -0.489 e. The van der Waals surface area contributed by atoms with E-state index >= 15 is 0 Å². The summed E-state index contributed by atoms with van der Waals surface area (Å²) in [6, 6.07) is 11.2. The van der Waals surface area contributed by atoms with E-state index in [4.69, 9.17) is 15.6 Å². The van der Waals surface area contributed by atoms with E-state index in [0.29, 0.717) is 17.5 Å².